The summed E-state index contributed by atoms with van der Waals surface area (Å²) in [4.78, 5) is 28.9. The van der Waals surface area contributed by atoms with Crippen molar-refractivity contribution in [3.05, 3.63) is 69.4 Å². The molecule has 0 bridgehead atoms. The Hall–Kier alpha value is -2.79. The Balaban J connectivity index is 1.63. The van der Waals surface area contributed by atoms with Gasteiger partial charge in [0.1, 0.15) is 5.70 Å². The number of amides is 3. The van der Waals surface area contributed by atoms with E-state index in [1.165, 1.54) is 10.5 Å². The van der Waals surface area contributed by atoms with E-state index in [1.807, 2.05) is 43.3 Å². The van der Waals surface area contributed by atoms with Crippen molar-refractivity contribution in [2.75, 3.05) is 11.9 Å². The molecule has 1 N–H and O–H groups in total. The first-order chi connectivity index (χ1) is 14.6. The summed E-state index contributed by atoms with van der Waals surface area (Å²) in [5.74, 6) is 0.0215. The third-order valence-corrected chi connectivity index (χ3v) is 6.80. The van der Waals surface area contributed by atoms with Crippen LogP contribution >= 0.6 is 11.6 Å². The van der Waals surface area contributed by atoms with Crippen molar-refractivity contribution in [2.24, 2.45) is 0 Å². The number of hydrogen-bond donors (Lipinski definition) is 1. The minimum absolute atomic E-state index is 0.0433. The number of carbonyl (C=O) groups is 2. The van der Waals surface area contributed by atoms with Crippen LogP contribution in [0.4, 0.5) is 10.5 Å². The smallest absolute Gasteiger partial charge is 0.329 e. The summed E-state index contributed by atoms with van der Waals surface area (Å²) < 4.78 is 0. The fourth-order valence-corrected chi connectivity index (χ4v) is 4.67. The normalized spacial score (nSPS) is 21.5. The number of halogens is 1. The lowest BCUT2D eigenvalue weighted by Crippen LogP contribution is -2.45. The van der Waals surface area contributed by atoms with Crippen LogP contribution in [-0.2, 0) is 11.3 Å². The van der Waals surface area contributed by atoms with Gasteiger partial charge in [0, 0.05) is 23.3 Å². The quantitative estimate of drug-likeness (QED) is 0.512. The van der Waals surface area contributed by atoms with Gasteiger partial charge in [0.25, 0.3) is 5.91 Å². The molecule has 6 heteroatoms. The monoisotopic (exact) mass is 437 g/mol. The highest BCUT2D eigenvalue weighted by Gasteiger charge is 2.36. The fraction of sp³-hybridized carbons (Fsp3) is 0.360. The van der Waals surface area contributed by atoms with Crippen LogP contribution in [0, 0.1) is 6.92 Å². The summed E-state index contributed by atoms with van der Waals surface area (Å²) in [6.07, 6.45) is 2.71. The number of anilines is 1. The van der Waals surface area contributed by atoms with E-state index in [1.54, 1.807) is 6.08 Å². The molecule has 31 heavy (non-hydrogen) atoms. The summed E-state index contributed by atoms with van der Waals surface area (Å²) in [6, 6.07) is 11.4. The maximum atomic E-state index is 12.9. The molecule has 2 aliphatic rings. The van der Waals surface area contributed by atoms with Crippen molar-refractivity contribution < 1.29 is 9.59 Å². The Bertz CT molecular complexity index is 1090. The molecule has 1 atom stereocenters. The molecule has 0 spiro atoms. The number of benzene rings is 2. The highest BCUT2D eigenvalue weighted by molar-refractivity contribution is 6.32. The first-order valence-corrected chi connectivity index (χ1v) is 10.9. The van der Waals surface area contributed by atoms with Gasteiger partial charge in [-0.15, -0.1) is 0 Å². The van der Waals surface area contributed by atoms with Gasteiger partial charge in [-0.3, -0.25) is 9.69 Å². The summed E-state index contributed by atoms with van der Waals surface area (Å²) in [7, 11) is 2.09. The molecule has 1 unspecified atom stereocenters. The number of imide groups is 1. The van der Waals surface area contributed by atoms with Gasteiger partial charge in [-0.05, 0) is 68.0 Å². The van der Waals surface area contributed by atoms with Gasteiger partial charge in [0.05, 0.1) is 6.54 Å². The molecule has 162 valence electrons. The maximum Gasteiger partial charge on any atom is 0.329 e. The zero-order valence-electron chi connectivity index (χ0n) is 18.6. The first-order valence-electron chi connectivity index (χ1n) is 10.5. The minimum atomic E-state index is -0.416. The molecule has 2 aromatic carbocycles. The van der Waals surface area contributed by atoms with E-state index in [4.69, 9.17) is 11.6 Å². The molecule has 3 amide bonds. The predicted octanol–water partition coefficient (Wildman–Crippen LogP) is 5.46. The Morgan fingerprint density at radius 2 is 1.87 bits per heavy atom. The number of rotatable bonds is 3. The second-order valence-electron chi connectivity index (χ2n) is 9.27. The minimum Gasteiger partial charge on any atom is -0.369 e. The Morgan fingerprint density at radius 3 is 2.55 bits per heavy atom. The van der Waals surface area contributed by atoms with E-state index in [9.17, 15) is 9.59 Å². The summed E-state index contributed by atoms with van der Waals surface area (Å²) >= 11 is 6.60. The summed E-state index contributed by atoms with van der Waals surface area (Å²) in [5, 5.41) is 3.26. The molecule has 1 fully saturated rings. The van der Waals surface area contributed by atoms with Crippen LogP contribution in [0.3, 0.4) is 0 Å². The van der Waals surface area contributed by atoms with Crippen molar-refractivity contribution in [2.45, 2.75) is 52.1 Å². The topological polar surface area (TPSA) is 52.7 Å². The van der Waals surface area contributed by atoms with E-state index < -0.39 is 6.03 Å². The van der Waals surface area contributed by atoms with Gasteiger partial charge in [-0.25, -0.2) is 4.79 Å². The highest BCUT2D eigenvalue weighted by Crippen LogP contribution is 2.44. The SMILES string of the molecule is Cc1ccc(CN2C(=O)N/C(=C\c3cc4c(cc3Cl)N(C)C(C)(C)CC4C)C2=O)cc1. The molecule has 5 nitrogen and oxygen atoms in total. The van der Waals surface area contributed by atoms with Crippen LogP contribution in [0.25, 0.3) is 6.08 Å². The van der Waals surface area contributed by atoms with E-state index in [-0.39, 0.29) is 23.7 Å². The molecule has 0 saturated carbocycles. The van der Waals surface area contributed by atoms with Crippen LogP contribution in [0.5, 0.6) is 0 Å². The second-order valence-corrected chi connectivity index (χ2v) is 9.68. The Kier molecular flexibility index (Phi) is 5.34. The Labute approximate surface area is 188 Å². The van der Waals surface area contributed by atoms with Crippen LogP contribution < -0.4 is 10.2 Å². The molecule has 2 heterocycles. The first kappa shape index (κ1) is 21.4. The molecule has 0 aliphatic carbocycles. The average Bonchev–Trinajstić information content (AvgIpc) is 2.96. The Morgan fingerprint density at radius 1 is 1.19 bits per heavy atom. The molecule has 1 saturated heterocycles. The second kappa shape index (κ2) is 7.72. The number of nitrogens with one attached hydrogen (secondary N) is 1. The fourth-order valence-electron chi connectivity index (χ4n) is 4.46. The van der Waals surface area contributed by atoms with Crippen molar-refractivity contribution in [1.29, 1.82) is 0 Å². The molecule has 2 aromatic rings. The number of fused-ring (bicyclic) bond motifs is 1. The number of hydrogen-bond acceptors (Lipinski definition) is 3. The summed E-state index contributed by atoms with van der Waals surface area (Å²) in [5.41, 5.74) is 5.37. The molecule has 4 rings (SSSR count). The van der Waals surface area contributed by atoms with Crippen LogP contribution in [0.15, 0.2) is 42.1 Å². The van der Waals surface area contributed by atoms with Crippen LogP contribution in [0.1, 0.15) is 55.4 Å². The van der Waals surface area contributed by atoms with Gasteiger partial charge in [0.15, 0.2) is 0 Å². The standard InChI is InChI=1S/C25H28ClN3O2/c1-15-6-8-17(9-7-15)14-29-23(30)21(27-24(29)31)11-18-10-19-16(2)13-25(3,4)28(5)22(19)12-20(18)26/h6-12,16H,13-14H2,1-5H3,(H,27,31)/b21-11-. The number of nitrogens with zero attached hydrogens (tertiary/aromatic N) is 2. The van der Waals surface area contributed by atoms with Gasteiger partial charge < -0.3 is 10.2 Å². The molecule has 2 aliphatic heterocycles. The van der Waals surface area contributed by atoms with Gasteiger partial charge in [0.2, 0.25) is 0 Å². The van der Waals surface area contributed by atoms with Gasteiger partial charge in [-0.1, -0.05) is 48.4 Å². The van der Waals surface area contributed by atoms with Crippen LogP contribution in [0.2, 0.25) is 5.02 Å². The predicted molar refractivity (Wildman–Crippen MR) is 125 cm³/mol. The zero-order valence-corrected chi connectivity index (χ0v) is 19.4. The molecule has 0 aromatic heterocycles. The molecular formula is C25H28ClN3O2. The number of urea groups is 1. The van der Waals surface area contributed by atoms with E-state index >= 15 is 0 Å². The number of aryl methyl sites for hydroxylation is 1. The third kappa shape index (κ3) is 3.94. The highest BCUT2D eigenvalue weighted by atomic mass is 35.5. The van der Waals surface area contributed by atoms with Gasteiger partial charge in [-0.2, -0.15) is 0 Å². The van der Waals surface area contributed by atoms with Crippen LogP contribution in [-0.4, -0.2) is 29.4 Å². The molecular weight excluding hydrogens is 410 g/mol. The van der Waals surface area contributed by atoms with E-state index in [0.717, 1.165) is 28.8 Å². The maximum absolute atomic E-state index is 12.9. The largest absolute Gasteiger partial charge is 0.369 e. The van der Waals surface area contributed by atoms with Crippen molar-refractivity contribution in [3.63, 3.8) is 0 Å². The molecule has 0 radical (unpaired) electrons. The number of carbonyl (C=O) groups excluding carboxylic acids is 2. The lowest BCUT2D eigenvalue weighted by Gasteiger charge is -2.45. The van der Waals surface area contributed by atoms with Crippen molar-refractivity contribution in [1.82, 2.24) is 10.2 Å². The summed E-state index contributed by atoms with van der Waals surface area (Å²) in [6.45, 7) is 8.90. The average molecular weight is 438 g/mol. The van der Waals surface area contributed by atoms with Gasteiger partial charge >= 0.3 is 6.03 Å². The lowest BCUT2D eigenvalue weighted by atomic mass is 9.80. The van der Waals surface area contributed by atoms with Crippen molar-refractivity contribution in [3.8, 4) is 0 Å². The van der Waals surface area contributed by atoms with Crippen molar-refractivity contribution >= 4 is 35.3 Å². The zero-order chi connectivity index (χ0) is 22.5. The van der Waals surface area contributed by atoms with E-state index in [0.29, 0.717) is 10.9 Å². The van der Waals surface area contributed by atoms with E-state index in [2.05, 4.69) is 38.0 Å². The third-order valence-electron chi connectivity index (χ3n) is 6.48. The lowest BCUT2D eigenvalue weighted by molar-refractivity contribution is -0.123.